The topological polar surface area (TPSA) is 87.4 Å². The number of carbonyl (C=O) groups excluding carboxylic acids is 1. The molecule has 120 valence electrons. The maximum Gasteiger partial charge on any atom is 0.319 e. The third-order valence-electron chi connectivity index (χ3n) is 3.40. The van der Waals surface area contributed by atoms with E-state index < -0.39 is 0 Å². The van der Waals surface area contributed by atoms with Crippen LogP contribution in [-0.4, -0.2) is 29.4 Å². The zero-order chi connectivity index (χ0) is 15.8. The molecule has 0 aliphatic heterocycles. The van der Waals surface area contributed by atoms with Gasteiger partial charge in [0.15, 0.2) is 5.76 Å². The van der Waals surface area contributed by atoms with Crippen molar-refractivity contribution in [1.82, 2.24) is 10.5 Å². The first-order chi connectivity index (χ1) is 9.97. The molecule has 0 spiro atoms. The lowest BCUT2D eigenvalue weighted by Gasteiger charge is -2.18. The normalized spacial score (nSPS) is 12.5. The van der Waals surface area contributed by atoms with Gasteiger partial charge >= 0.3 is 6.03 Å². The standard InChI is InChI=1S/C15H27N3O3/c1-5-13-14(11(4)21-18-13)17-15(20)16-9-12(6-7-19)8-10(2)3/h10,12,19H,5-9H2,1-4H3,(H2,16,17,20). The molecule has 0 aliphatic rings. The second-order valence-electron chi connectivity index (χ2n) is 5.76. The van der Waals surface area contributed by atoms with Crippen molar-refractivity contribution in [3.63, 3.8) is 0 Å². The largest absolute Gasteiger partial charge is 0.396 e. The van der Waals surface area contributed by atoms with Crippen molar-refractivity contribution in [2.45, 2.75) is 47.0 Å². The Morgan fingerprint density at radius 3 is 2.71 bits per heavy atom. The van der Waals surface area contributed by atoms with E-state index in [1.54, 1.807) is 6.92 Å². The first kappa shape index (κ1) is 17.5. The molecule has 0 radical (unpaired) electrons. The number of amides is 2. The van der Waals surface area contributed by atoms with Crippen molar-refractivity contribution in [3.8, 4) is 0 Å². The lowest BCUT2D eigenvalue weighted by Crippen LogP contribution is -2.34. The molecule has 1 unspecified atom stereocenters. The van der Waals surface area contributed by atoms with E-state index >= 15 is 0 Å². The first-order valence-corrected chi connectivity index (χ1v) is 7.58. The van der Waals surface area contributed by atoms with E-state index in [0.717, 1.165) is 12.1 Å². The quantitative estimate of drug-likeness (QED) is 0.688. The molecule has 6 heteroatoms. The van der Waals surface area contributed by atoms with Crippen LogP contribution in [0, 0.1) is 18.8 Å². The van der Waals surface area contributed by atoms with Gasteiger partial charge in [-0.15, -0.1) is 0 Å². The highest BCUT2D eigenvalue weighted by atomic mass is 16.5. The van der Waals surface area contributed by atoms with Crippen molar-refractivity contribution in [3.05, 3.63) is 11.5 Å². The molecular weight excluding hydrogens is 270 g/mol. The minimum Gasteiger partial charge on any atom is -0.396 e. The Morgan fingerprint density at radius 1 is 1.43 bits per heavy atom. The fraction of sp³-hybridized carbons (Fsp3) is 0.733. The van der Waals surface area contributed by atoms with Crippen molar-refractivity contribution in [1.29, 1.82) is 0 Å². The van der Waals surface area contributed by atoms with Crippen molar-refractivity contribution >= 4 is 11.7 Å². The third-order valence-corrected chi connectivity index (χ3v) is 3.40. The van der Waals surface area contributed by atoms with Gasteiger partial charge in [-0.05, 0) is 38.0 Å². The number of aliphatic hydroxyl groups excluding tert-OH is 1. The maximum absolute atomic E-state index is 12.0. The van der Waals surface area contributed by atoms with E-state index in [1.807, 2.05) is 6.92 Å². The fourth-order valence-electron chi connectivity index (χ4n) is 2.37. The van der Waals surface area contributed by atoms with Crippen LogP contribution in [0.3, 0.4) is 0 Å². The molecule has 0 fully saturated rings. The molecule has 0 saturated heterocycles. The van der Waals surface area contributed by atoms with E-state index in [2.05, 4.69) is 29.6 Å². The molecular formula is C15H27N3O3. The predicted molar refractivity (Wildman–Crippen MR) is 82.3 cm³/mol. The minimum atomic E-state index is -0.261. The van der Waals surface area contributed by atoms with Crippen LogP contribution in [-0.2, 0) is 6.42 Å². The molecule has 1 heterocycles. The molecule has 1 atom stereocenters. The van der Waals surface area contributed by atoms with E-state index in [-0.39, 0.29) is 18.6 Å². The fourth-order valence-corrected chi connectivity index (χ4v) is 2.37. The Hall–Kier alpha value is -1.56. The number of nitrogens with zero attached hydrogens (tertiary/aromatic N) is 1. The number of aliphatic hydroxyl groups is 1. The predicted octanol–water partition coefficient (Wildman–Crippen LogP) is 2.71. The summed E-state index contributed by atoms with van der Waals surface area (Å²) in [6.07, 6.45) is 2.38. The number of hydrogen-bond donors (Lipinski definition) is 3. The van der Waals surface area contributed by atoms with Gasteiger partial charge in [-0.3, -0.25) is 0 Å². The summed E-state index contributed by atoms with van der Waals surface area (Å²) in [7, 11) is 0. The molecule has 1 rings (SSSR count). The van der Waals surface area contributed by atoms with E-state index in [4.69, 9.17) is 9.63 Å². The van der Waals surface area contributed by atoms with Gasteiger partial charge in [0.05, 0.1) is 0 Å². The summed E-state index contributed by atoms with van der Waals surface area (Å²) in [6.45, 7) is 8.70. The molecule has 2 amide bonds. The highest BCUT2D eigenvalue weighted by molar-refractivity contribution is 5.90. The number of urea groups is 1. The van der Waals surface area contributed by atoms with Crippen LogP contribution in [0.25, 0.3) is 0 Å². The van der Waals surface area contributed by atoms with Gasteiger partial charge in [0.25, 0.3) is 0 Å². The molecule has 3 N–H and O–H groups in total. The van der Waals surface area contributed by atoms with Gasteiger partial charge < -0.3 is 20.3 Å². The monoisotopic (exact) mass is 297 g/mol. The van der Waals surface area contributed by atoms with E-state index in [0.29, 0.717) is 36.8 Å². The van der Waals surface area contributed by atoms with Gasteiger partial charge in [-0.25, -0.2) is 4.79 Å². The van der Waals surface area contributed by atoms with Crippen LogP contribution in [0.5, 0.6) is 0 Å². The van der Waals surface area contributed by atoms with Gasteiger partial charge in [0.2, 0.25) is 0 Å². The molecule has 0 aliphatic carbocycles. The van der Waals surface area contributed by atoms with Crippen LogP contribution in [0.4, 0.5) is 10.5 Å². The SMILES string of the molecule is CCc1noc(C)c1NC(=O)NCC(CCO)CC(C)C. The second kappa shape index (κ2) is 8.67. The van der Waals surface area contributed by atoms with E-state index in [9.17, 15) is 4.79 Å². The summed E-state index contributed by atoms with van der Waals surface area (Å²) in [4.78, 5) is 12.0. The third kappa shape index (κ3) is 5.75. The summed E-state index contributed by atoms with van der Waals surface area (Å²) in [5, 5.41) is 18.6. The molecule has 1 aromatic rings. The van der Waals surface area contributed by atoms with Crippen LogP contribution >= 0.6 is 0 Å². The summed E-state index contributed by atoms with van der Waals surface area (Å²) in [5.74, 6) is 1.43. The molecule has 0 saturated carbocycles. The van der Waals surface area contributed by atoms with Crippen LogP contribution in [0.2, 0.25) is 0 Å². The lowest BCUT2D eigenvalue weighted by molar-refractivity contribution is 0.231. The lowest BCUT2D eigenvalue weighted by atomic mass is 9.94. The smallest absolute Gasteiger partial charge is 0.319 e. The van der Waals surface area contributed by atoms with Crippen molar-refractivity contribution in [2.75, 3.05) is 18.5 Å². The number of nitrogens with one attached hydrogen (secondary N) is 2. The van der Waals surface area contributed by atoms with Crippen molar-refractivity contribution < 1.29 is 14.4 Å². The summed E-state index contributed by atoms with van der Waals surface area (Å²) < 4.78 is 5.08. The number of aryl methyl sites for hydroxylation is 2. The molecule has 21 heavy (non-hydrogen) atoms. The summed E-state index contributed by atoms with van der Waals surface area (Å²) >= 11 is 0. The Labute approximate surface area is 126 Å². The first-order valence-electron chi connectivity index (χ1n) is 7.58. The second-order valence-corrected chi connectivity index (χ2v) is 5.76. The number of aromatic nitrogens is 1. The summed E-state index contributed by atoms with van der Waals surface area (Å²) in [5.41, 5.74) is 1.40. The summed E-state index contributed by atoms with van der Waals surface area (Å²) in [6, 6.07) is -0.261. The van der Waals surface area contributed by atoms with Crippen LogP contribution in [0.15, 0.2) is 4.52 Å². The minimum absolute atomic E-state index is 0.144. The molecule has 6 nitrogen and oxygen atoms in total. The van der Waals surface area contributed by atoms with E-state index in [1.165, 1.54) is 0 Å². The van der Waals surface area contributed by atoms with Crippen LogP contribution < -0.4 is 10.6 Å². The number of anilines is 1. The zero-order valence-corrected chi connectivity index (χ0v) is 13.4. The van der Waals surface area contributed by atoms with Crippen LogP contribution in [0.1, 0.15) is 45.1 Å². The number of rotatable bonds is 8. The van der Waals surface area contributed by atoms with Gasteiger partial charge in [-0.2, -0.15) is 0 Å². The van der Waals surface area contributed by atoms with Gasteiger partial charge in [0.1, 0.15) is 11.4 Å². The van der Waals surface area contributed by atoms with Gasteiger partial charge in [-0.1, -0.05) is 25.9 Å². The maximum atomic E-state index is 12.0. The zero-order valence-electron chi connectivity index (χ0n) is 13.4. The Balaban J connectivity index is 2.50. The average Bonchev–Trinajstić information content (AvgIpc) is 2.77. The van der Waals surface area contributed by atoms with Gasteiger partial charge in [0, 0.05) is 13.2 Å². The number of hydrogen-bond acceptors (Lipinski definition) is 4. The Bertz CT molecular complexity index is 443. The Morgan fingerprint density at radius 2 is 2.14 bits per heavy atom. The average molecular weight is 297 g/mol. The molecule has 0 aromatic carbocycles. The number of carbonyl (C=O) groups is 1. The highest BCUT2D eigenvalue weighted by Crippen LogP contribution is 2.20. The van der Waals surface area contributed by atoms with Crippen molar-refractivity contribution in [2.24, 2.45) is 11.8 Å². The highest BCUT2D eigenvalue weighted by Gasteiger charge is 2.16. The molecule has 0 bridgehead atoms. The molecule has 1 aromatic heterocycles. The Kier molecular flexibility index (Phi) is 7.22.